The van der Waals surface area contributed by atoms with Crippen LogP contribution in [0.1, 0.15) is 29.3 Å². The number of nitrogens with zero attached hydrogens (tertiary/aromatic N) is 2. The van der Waals surface area contributed by atoms with Crippen LogP contribution in [0, 0.1) is 0 Å². The molecule has 0 spiro atoms. The van der Waals surface area contributed by atoms with Crippen LogP contribution in [0.3, 0.4) is 0 Å². The van der Waals surface area contributed by atoms with Crippen LogP contribution in [-0.2, 0) is 11.4 Å². The molecular weight excluding hydrogens is 370 g/mol. The lowest BCUT2D eigenvalue weighted by Gasteiger charge is -2.34. The van der Waals surface area contributed by atoms with Crippen molar-refractivity contribution in [1.29, 1.82) is 0 Å². The molecule has 2 N–H and O–H groups in total. The summed E-state index contributed by atoms with van der Waals surface area (Å²) in [6, 6.07) is 12.8. The normalized spacial score (nSPS) is 14.5. The monoisotopic (exact) mass is 397 g/mol. The minimum absolute atomic E-state index is 0.0558. The van der Waals surface area contributed by atoms with Crippen LogP contribution in [0.25, 0.3) is 0 Å². The maximum atomic E-state index is 11.6. The number of likely N-dealkylation sites (N-methyl/N-ethyl adjacent to an activating group) is 1. The van der Waals surface area contributed by atoms with Crippen LogP contribution in [0.2, 0.25) is 0 Å². The molecule has 1 heterocycles. The smallest absolute Gasteiger partial charge is 0.337 e. The van der Waals surface area contributed by atoms with Crippen molar-refractivity contribution in [2.75, 3.05) is 43.4 Å². The van der Waals surface area contributed by atoms with Crippen molar-refractivity contribution in [3.8, 4) is 5.75 Å². The van der Waals surface area contributed by atoms with Gasteiger partial charge in [0.05, 0.1) is 16.9 Å². The summed E-state index contributed by atoms with van der Waals surface area (Å²) in [6.45, 7) is 5.84. The zero-order valence-electron chi connectivity index (χ0n) is 16.9. The number of benzene rings is 2. The van der Waals surface area contributed by atoms with Crippen molar-refractivity contribution in [2.45, 2.75) is 20.0 Å². The van der Waals surface area contributed by atoms with E-state index in [1.807, 2.05) is 24.3 Å². The molecule has 1 fully saturated rings. The van der Waals surface area contributed by atoms with Crippen LogP contribution >= 0.6 is 0 Å². The van der Waals surface area contributed by atoms with E-state index in [9.17, 15) is 14.7 Å². The number of anilines is 2. The fraction of sp³-hybridized carbons (Fsp3) is 0.364. The van der Waals surface area contributed by atoms with Gasteiger partial charge in [-0.15, -0.1) is 0 Å². The van der Waals surface area contributed by atoms with Gasteiger partial charge in [-0.3, -0.25) is 4.79 Å². The quantitative estimate of drug-likeness (QED) is 0.747. The third-order valence-corrected chi connectivity index (χ3v) is 5.01. The number of rotatable bonds is 7. The van der Waals surface area contributed by atoms with Crippen LogP contribution < -0.4 is 15.0 Å². The molecule has 2 aromatic rings. The molecule has 1 amide bonds. The van der Waals surface area contributed by atoms with E-state index >= 15 is 0 Å². The maximum Gasteiger partial charge on any atom is 0.337 e. The number of amides is 1. The second kappa shape index (κ2) is 9.43. The summed E-state index contributed by atoms with van der Waals surface area (Å²) in [6.07, 6.45) is 0.285. The topological polar surface area (TPSA) is 82.1 Å². The van der Waals surface area contributed by atoms with Crippen molar-refractivity contribution in [2.24, 2.45) is 0 Å². The van der Waals surface area contributed by atoms with Gasteiger partial charge in [-0.25, -0.2) is 4.79 Å². The predicted molar refractivity (Wildman–Crippen MR) is 113 cm³/mol. The van der Waals surface area contributed by atoms with Crippen LogP contribution in [-0.4, -0.2) is 55.1 Å². The standard InChI is InChI=1S/C22H27N3O4/c1-3-21(26)23-18-9-8-16(14-17(18)22(27)28)15-29-20-7-5-4-6-19(20)25-12-10-24(2)11-13-25/h4-9,14H,3,10-13,15H2,1-2H3,(H,23,26)(H,27,28). The average molecular weight is 397 g/mol. The Morgan fingerprint density at radius 3 is 2.52 bits per heavy atom. The summed E-state index contributed by atoms with van der Waals surface area (Å²) in [4.78, 5) is 27.8. The number of hydrogen-bond acceptors (Lipinski definition) is 5. The molecular formula is C22H27N3O4. The molecule has 0 aromatic heterocycles. The van der Waals surface area contributed by atoms with E-state index in [1.54, 1.807) is 25.1 Å². The first kappa shape index (κ1) is 20.7. The number of hydrogen-bond donors (Lipinski definition) is 2. The number of carbonyl (C=O) groups is 2. The Labute approximate surface area is 170 Å². The van der Waals surface area contributed by atoms with Gasteiger partial charge in [0.25, 0.3) is 0 Å². The molecule has 7 heteroatoms. The SMILES string of the molecule is CCC(=O)Nc1ccc(COc2ccccc2N2CCN(C)CC2)cc1C(=O)O. The fourth-order valence-electron chi connectivity index (χ4n) is 3.25. The molecule has 0 radical (unpaired) electrons. The van der Waals surface area contributed by atoms with Gasteiger partial charge in [0.1, 0.15) is 12.4 Å². The lowest BCUT2D eigenvalue weighted by molar-refractivity contribution is -0.115. The van der Waals surface area contributed by atoms with Gasteiger partial charge >= 0.3 is 5.97 Å². The molecule has 0 atom stereocenters. The first-order valence-electron chi connectivity index (χ1n) is 9.79. The highest BCUT2D eigenvalue weighted by Gasteiger charge is 2.18. The number of aromatic carboxylic acids is 1. The van der Waals surface area contributed by atoms with Crippen molar-refractivity contribution in [1.82, 2.24) is 4.90 Å². The third-order valence-electron chi connectivity index (χ3n) is 5.01. The van der Waals surface area contributed by atoms with Gasteiger partial charge in [-0.2, -0.15) is 0 Å². The average Bonchev–Trinajstić information content (AvgIpc) is 2.73. The fourth-order valence-corrected chi connectivity index (χ4v) is 3.25. The van der Waals surface area contributed by atoms with Gasteiger partial charge in [0, 0.05) is 32.6 Å². The van der Waals surface area contributed by atoms with Crippen molar-refractivity contribution in [3.05, 3.63) is 53.6 Å². The van der Waals surface area contributed by atoms with Crippen LogP contribution in [0.4, 0.5) is 11.4 Å². The molecule has 1 aliphatic heterocycles. The predicted octanol–water partition coefficient (Wildman–Crippen LogP) is 3.06. The van der Waals surface area contributed by atoms with E-state index in [0.29, 0.717) is 5.69 Å². The molecule has 0 saturated carbocycles. The third kappa shape index (κ3) is 5.26. The highest BCUT2D eigenvalue weighted by molar-refractivity contribution is 6.00. The highest BCUT2D eigenvalue weighted by Crippen LogP contribution is 2.30. The van der Waals surface area contributed by atoms with E-state index in [2.05, 4.69) is 22.2 Å². The molecule has 2 aromatic carbocycles. The number of para-hydroxylation sites is 2. The summed E-state index contributed by atoms with van der Waals surface area (Å²) < 4.78 is 6.04. The summed E-state index contributed by atoms with van der Waals surface area (Å²) in [5.41, 5.74) is 2.13. The van der Waals surface area contributed by atoms with E-state index in [0.717, 1.165) is 43.2 Å². The van der Waals surface area contributed by atoms with Crippen LogP contribution in [0.15, 0.2) is 42.5 Å². The Balaban J connectivity index is 1.74. The molecule has 0 unspecified atom stereocenters. The molecule has 7 nitrogen and oxygen atoms in total. The number of piperazine rings is 1. The Morgan fingerprint density at radius 1 is 1.10 bits per heavy atom. The molecule has 154 valence electrons. The van der Waals surface area contributed by atoms with E-state index in [1.165, 1.54) is 0 Å². The summed E-state index contributed by atoms with van der Waals surface area (Å²) in [7, 11) is 2.12. The second-order valence-corrected chi connectivity index (χ2v) is 7.13. The Hall–Kier alpha value is -3.06. The van der Waals surface area contributed by atoms with E-state index in [4.69, 9.17) is 4.74 Å². The molecule has 0 bridgehead atoms. The van der Waals surface area contributed by atoms with Gasteiger partial charge in [-0.1, -0.05) is 25.1 Å². The summed E-state index contributed by atoms with van der Waals surface area (Å²) in [5.74, 6) is -0.536. The van der Waals surface area contributed by atoms with Crippen molar-refractivity contribution < 1.29 is 19.4 Å². The first-order valence-corrected chi connectivity index (χ1v) is 9.79. The van der Waals surface area contributed by atoms with Crippen LogP contribution in [0.5, 0.6) is 5.75 Å². The lowest BCUT2D eigenvalue weighted by atomic mass is 10.1. The second-order valence-electron chi connectivity index (χ2n) is 7.13. The van der Waals surface area contributed by atoms with Gasteiger partial charge in [0.2, 0.25) is 5.91 Å². The molecule has 1 saturated heterocycles. The van der Waals surface area contributed by atoms with Gasteiger partial charge in [-0.05, 0) is 36.9 Å². The minimum Gasteiger partial charge on any atom is -0.487 e. The number of ether oxygens (including phenoxy) is 1. The first-order chi connectivity index (χ1) is 14.0. The Kier molecular flexibility index (Phi) is 6.72. The number of carboxylic acids is 1. The van der Waals surface area contributed by atoms with E-state index in [-0.39, 0.29) is 24.5 Å². The highest BCUT2D eigenvalue weighted by atomic mass is 16.5. The van der Waals surface area contributed by atoms with E-state index < -0.39 is 5.97 Å². The number of nitrogens with one attached hydrogen (secondary N) is 1. The Morgan fingerprint density at radius 2 is 1.83 bits per heavy atom. The molecule has 1 aliphatic rings. The minimum atomic E-state index is -1.09. The number of carbonyl (C=O) groups excluding carboxylic acids is 1. The zero-order chi connectivity index (χ0) is 20.8. The molecule has 3 rings (SSSR count). The lowest BCUT2D eigenvalue weighted by Crippen LogP contribution is -2.44. The summed E-state index contributed by atoms with van der Waals surface area (Å²) in [5, 5.41) is 12.1. The molecule has 29 heavy (non-hydrogen) atoms. The zero-order valence-corrected chi connectivity index (χ0v) is 16.9. The number of carboxylic acid groups (broad SMARTS) is 1. The Bertz CT molecular complexity index is 876. The maximum absolute atomic E-state index is 11.6. The van der Waals surface area contributed by atoms with Gasteiger partial charge < -0.3 is 25.0 Å². The molecule has 0 aliphatic carbocycles. The summed E-state index contributed by atoms with van der Waals surface area (Å²) >= 11 is 0. The van der Waals surface area contributed by atoms with Crippen molar-refractivity contribution >= 4 is 23.3 Å². The van der Waals surface area contributed by atoms with Crippen molar-refractivity contribution in [3.63, 3.8) is 0 Å². The largest absolute Gasteiger partial charge is 0.487 e. The van der Waals surface area contributed by atoms with Gasteiger partial charge in [0.15, 0.2) is 0 Å².